The minimum atomic E-state index is -0.325. The fourth-order valence-corrected chi connectivity index (χ4v) is 5.38. The number of carbonyl (C=O) groups excluding carboxylic acids is 2. The molecule has 1 spiro atoms. The first-order chi connectivity index (χ1) is 14.0. The Morgan fingerprint density at radius 2 is 1.97 bits per heavy atom. The average Bonchev–Trinajstić information content (AvgIpc) is 3.18. The fraction of sp³-hybridized carbons (Fsp3) is 0.773. The number of rotatable bonds is 4. The standard InChI is InChI=1S/C22H35N5O2/c1-15(2)25-21(29)18-13-17-20(24-14-23-17)22(26-18)8-10-27(11-9-22)19(28)12-16-6-4-3-5-7-16/h14-16,18,26H,3-13H2,1-2H3,(H,23,24)(H,25,29)/t18-/m0/s1. The predicted octanol–water partition coefficient (Wildman–Crippen LogP) is 2.24. The lowest BCUT2D eigenvalue weighted by atomic mass is 9.78. The summed E-state index contributed by atoms with van der Waals surface area (Å²) >= 11 is 0. The minimum Gasteiger partial charge on any atom is -0.353 e. The highest BCUT2D eigenvalue weighted by molar-refractivity contribution is 5.83. The lowest BCUT2D eigenvalue weighted by molar-refractivity contribution is -0.135. The highest BCUT2D eigenvalue weighted by Crippen LogP contribution is 2.38. The van der Waals surface area contributed by atoms with E-state index in [1.165, 1.54) is 32.1 Å². The Balaban J connectivity index is 1.42. The highest BCUT2D eigenvalue weighted by atomic mass is 16.2. The van der Waals surface area contributed by atoms with Crippen LogP contribution in [0.5, 0.6) is 0 Å². The second-order valence-corrected chi connectivity index (χ2v) is 9.47. The van der Waals surface area contributed by atoms with Gasteiger partial charge in [0.1, 0.15) is 0 Å². The average molecular weight is 402 g/mol. The molecule has 7 heteroatoms. The molecule has 1 aromatic rings. The predicted molar refractivity (Wildman–Crippen MR) is 111 cm³/mol. The van der Waals surface area contributed by atoms with E-state index in [1.807, 2.05) is 18.7 Å². The summed E-state index contributed by atoms with van der Waals surface area (Å²) in [7, 11) is 0. The molecule has 2 fully saturated rings. The number of hydrogen-bond acceptors (Lipinski definition) is 4. The summed E-state index contributed by atoms with van der Waals surface area (Å²) in [5.74, 6) is 0.913. The van der Waals surface area contributed by atoms with E-state index in [0.717, 1.165) is 37.3 Å². The topological polar surface area (TPSA) is 90.1 Å². The van der Waals surface area contributed by atoms with Crippen LogP contribution in [0.25, 0.3) is 0 Å². The van der Waals surface area contributed by atoms with Crippen LogP contribution < -0.4 is 10.6 Å². The minimum absolute atomic E-state index is 0.0374. The fourth-order valence-electron chi connectivity index (χ4n) is 5.38. The van der Waals surface area contributed by atoms with Gasteiger partial charge in [-0.25, -0.2) is 4.98 Å². The van der Waals surface area contributed by atoms with Crippen LogP contribution in [0.4, 0.5) is 0 Å². The molecule has 1 saturated heterocycles. The van der Waals surface area contributed by atoms with E-state index in [9.17, 15) is 9.59 Å². The number of amides is 2. The van der Waals surface area contributed by atoms with Gasteiger partial charge in [-0.3, -0.25) is 14.9 Å². The Hall–Kier alpha value is -1.89. The third-order valence-corrected chi connectivity index (χ3v) is 6.94. The van der Waals surface area contributed by atoms with Crippen molar-refractivity contribution in [2.24, 2.45) is 5.92 Å². The van der Waals surface area contributed by atoms with Crippen LogP contribution >= 0.6 is 0 Å². The zero-order chi connectivity index (χ0) is 20.4. The number of fused-ring (bicyclic) bond motifs is 2. The monoisotopic (exact) mass is 401 g/mol. The molecule has 1 atom stereocenters. The normalized spacial score (nSPS) is 24.5. The van der Waals surface area contributed by atoms with Gasteiger partial charge in [0.05, 0.1) is 23.6 Å². The number of carbonyl (C=O) groups is 2. The zero-order valence-electron chi connectivity index (χ0n) is 17.8. The largest absolute Gasteiger partial charge is 0.353 e. The van der Waals surface area contributed by atoms with E-state index in [0.29, 0.717) is 24.7 Å². The van der Waals surface area contributed by atoms with Crippen LogP contribution in [0.3, 0.4) is 0 Å². The summed E-state index contributed by atoms with van der Waals surface area (Å²) in [5.41, 5.74) is 1.76. The van der Waals surface area contributed by atoms with Crippen LogP contribution in [0.15, 0.2) is 6.33 Å². The maximum atomic E-state index is 12.8. The second kappa shape index (κ2) is 8.46. The van der Waals surface area contributed by atoms with Crippen molar-refractivity contribution in [1.29, 1.82) is 0 Å². The number of aromatic nitrogens is 2. The summed E-state index contributed by atoms with van der Waals surface area (Å²) in [4.78, 5) is 35.4. The van der Waals surface area contributed by atoms with Crippen LogP contribution in [0, 0.1) is 5.92 Å². The lowest BCUT2D eigenvalue weighted by Crippen LogP contribution is -2.62. The summed E-state index contributed by atoms with van der Waals surface area (Å²) in [6, 6.07) is -0.155. The molecule has 0 unspecified atom stereocenters. The number of H-pyrrole nitrogens is 1. The third kappa shape index (κ3) is 4.34. The van der Waals surface area contributed by atoms with Gasteiger partial charge in [0.25, 0.3) is 0 Å². The van der Waals surface area contributed by atoms with Crippen LogP contribution in [0.1, 0.15) is 76.6 Å². The molecule has 2 amide bonds. The number of imidazole rings is 1. The van der Waals surface area contributed by atoms with E-state index in [2.05, 4.69) is 20.6 Å². The van der Waals surface area contributed by atoms with Gasteiger partial charge in [-0.2, -0.15) is 0 Å². The maximum absolute atomic E-state index is 12.8. The van der Waals surface area contributed by atoms with Crippen molar-refractivity contribution < 1.29 is 9.59 Å². The molecular formula is C22H35N5O2. The molecule has 1 saturated carbocycles. The van der Waals surface area contributed by atoms with Gasteiger partial charge in [-0.15, -0.1) is 0 Å². The van der Waals surface area contributed by atoms with Crippen LogP contribution in [0.2, 0.25) is 0 Å². The molecule has 0 radical (unpaired) electrons. The number of hydrogen-bond donors (Lipinski definition) is 3. The SMILES string of the molecule is CC(C)NC(=O)[C@@H]1Cc2[nH]cnc2C2(CCN(C(=O)CC3CCCCC3)CC2)N1. The Morgan fingerprint density at radius 3 is 2.66 bits per heavy atom. The molecule has 0 bridgehead atoms. The molecular weight excluding hydrogens is 366 g/mol. The molecule has 7 nitrogen and oxygen atoms in total. The van der Waals surface area contributed by atoms with Crippen LogP contribution in [-0.4, -0.2) is 51.9 Å². The third-order valence-electron chi connectivity index (χ3n) is 6.94. The second-order valence-electron chi connectivity index (χ2n) is 9.47. The first-order valence-electron chi connectivity index (χ1n) is 11.4. The van der Waals surface area contributed by atoms with Gasteiger partial charge in [-0.1, -0.05) is 19.3 Å². The van der Waals surface area contributed by atoms with Crippen molar-refractivity contribution in [3.8, 4) is 0 Å². The molecule has 29 heavy (non-hydrogen) atoms. The molecule has 3 N–H and O–H groups in total. The van der Waals surface area contributed by atoms with Crippen molar-refractivity contribution >= 4 is 11.8 Å². The summed E-state index contributed by atoms with van der Waals surface area (Å²) in [6.45, 7) is 5.41. The maximum Gasteiger partial charge on any atom is 0.237 e. The Labute approximate surface area is 173 Å². The van der Waals surface area contributed by atoms with Crippen molar-refractivity contribution in [2.45, 2.75) is 89.3 Å². The smallest absolute Gasteiger partial charge is 0.237 e. The van der Waals surface area contributed by atoms with E-state index < -0.39 is 0 Å². The van der Waals surface area contributed by atoms with Crippen molar-refractivity contribution in [1.82, 2.24) is 25.5 Å². The first kappa shape index (κ1) is 20.4. The van der Waals surface area contributed by atoms with Gasteiger partial charge in [0.2, 0.25) is 11.8 Å². The summed E-state index contributed by atoms with van der Waals surface area (Å²) < 4.78 is 0. The summed E-state index contributed by atoms with van der Waals surface area (Å²) in [5, 5.41) is 6.65. The van der Waals surface area contributed by atoms with Crippen molar-refractivity contribution in [3.05, 3.63) is 17.7 Å². The Kier molecular flexibility index (Phi) is 5.95. The van der Waals surface area contributed by atoms with E-state index in [-0.39, 0.29) is 23.5 Å². The summed E-state index contributed by atoms with van der Waals surface area (Å²) in [6.07, 6.45) is 10.9. The van der Waals surface area contributed by atoms with Gasteiger partial charge >= 0.3 is 0 Å². The number of nitrogens with zero attached hydrogens (tertiary/aromatic N) is 2. The molecule has 160 valence electrons. The Bertz CT molecular complexity index is 729. The van der Waals surface area contributed by atoms with Gasteiger partial charge < -0.3 is 15.2 Å². The number of aromatic amines is 1. The zero-order valence-corrected chi connectivity index (χ0v) is 17.8. The highest BCUT2D eigenvalue weighted by Gasteiger charge is 2.46. The van der Waals surface area contributed by atoms with Crippen molar-refractivity contribution in [2.75, 3.05) is 13.1 Å². The Morgan fingerprint density at radius 1 is 1.24 bits per heavy atom. The number of nitrogens with one attached hydrogen (secondary N) is 3. The molecule has 0 aromatic carbocycles. The first-order valence-corrected chi connectivity index (χ1v) is 11.4. The number of piperidine rings is 1. The molecule has 4 rings (SSSR count). The van der Waals surface area contributed by atoms with Crippen LogP contribution in [-0.2, 0) is 21.5 Å². The van der Waals surface area contributed by atoms with E-state index in [1.54, 1.807) is 6.33 Å². The lowest BCUT2D eigenvalue weighted by Gasteiger charge is -2.46. The molecule has 3 heterocycles. The van der Waals surface area contributed by atoms with E-state index >= 15 is 0 Å². The van der Waals surface area contributed by atoms with Crippen molar-refractivity contribution in [3.63, 3.8) is 0 Å². The van der Waals surface area contributed by atoms with Gasteiger partial charge in [0.15, 0.2) is 0 Å². The molecule has 2 aliphatic heterocycles. The molecule has 3 aliphatic rings. The molecule has 1 aromatic heterocycles. The van der Waals surface area contributed by atoms with E-state index in [4.69, 9.17) is 0 Å². The number of likely N-dealkylation sites (tertiary alicyclic amines) is 1. The quantitative estimate of drug-likeness (QED) is 0.722. The molecule has 1 aliphatic carbocycles. The van der Waals surface area contributed by atoms with Gasteiger partial charge in [0, 0.05) is 37.7 Å². The van der Waals surface area contributed by atoms with Gasteiger partial charge in [-0.05, 0) is 45.4 Å².